The maximum atomic E-state index is 13.0. The van der Waals surface area contributed by atoms with E-state index in [1.54, 1.807) is 0 Å². The zero-order chi connectivity index (χ0) is 17.9. The Balaban J connectivity index is 2.02. The number of hydrogen-bond acceptors (Lipinski definition) is 8. The third kappa shape index (κ3) is 2.06. The van der Waals surface area contributed by atoms with Crippen molar-refractivity contribution >= 4 is 43.4 Å². The highest BCUT2D eigenvalue weighted by Gasteiger charge is 2.26. The lowest BCUT2D eigenvalue weighted by Gasteiger charge is -2.10. The monoisotopic (exact) mass is 362 g/mol. The lowest BCUT2D eigenvalue weighted by atomic mass is 10.3. The van der Waals surface area contributed by atoms with Gasteiger partial charge in [-0.3, -0.25) is 9.97 Å². The van der Waals surface area contributed by atoms with Crippen molar-refractivity contribution in [3.63, 3.8) is 0 Å². The van der Waals surface area contributed by atoms with Gasteiger partial charge in [-0.25, -0.2) is 18.0 Å². The molecule has 6 N–H and O–H groups in total. The van der Waals surface area contributed by atoms with Crippen LogP contribution in [0, 0.1) is 0 Å². The number of fused-ring (bicyclic) bond motifs is 2. The number of nitrogens with two attached hydrogens (primary N) is 2. The SMILES string of the molecule is Nc1c(S(=O)(=O)c2ccc3oc(=O)[nH]c3c2N)ccc2oc(=O)[nH]c12. The van der Waals surface area contributed by atoms with Gasteiger partial charge < -0.3 is 20.3 Å². The maximum absolute atomic E-state index is 13.0. The Hall–Kier alpha value is -3.47. The third-order valence-electron chi connectivity index (χ3n) is 3.77. The Morgan fingerprint density at radius 1 is 0.760 bits per heavy atom. The minimum Gasteiger partial charge on any atom is -0.408 e. The molecule has 0 aliphatic heterocycles. The van der Waals surface area contributed by atoms with Crippen LogP contribution in [0.15, 0.2) is 52.5 Å². The summed E-state index contributed by atoms with van der Waals surface area (Å²) >= 11 is 0. The molecule has 11 heteroatoms. The standard InChI is InChI=1S/C14H10N4O6S/c15-9-7(3-1-5-11(9)17-13(19)23-5)25(21,22)8-4-2-6-12(10(8)16)18-14(20)24-6/h1-4H,15-16H2,(H,17,19)(H,18,20). The van der Waals surface area contributed by atoms with E-state index in [-0.39, 0.29) is 43.4 Å². The van der Waals surface area contributed by atoms with Crippen molar-refractivity contribution in [2.45, 2.75) is 9.79 Å². The summed E-state index contributed by atoms with van der Waals surface area (Å²) in [5, 5.41) is 0. The first-order valence-electron chi connectivity index (χ1n) is 6.87. The van der Waals surface area contributed by atoms with Crippen LogP contribution < -0.4 is 23.0 Å². The van der Waals surface area contributed by atoms with E-state index in [9.17, 15) is 18.0 Å². The first-order chi connectivity index (χ1) is 11.8. The van der Waals surface area contributed by atoms with E-state index in [1.165, 1.54) is 24.3 Å². The number of aromatic amines is 2. The summed E-state index contributed by atoms with van der Waals surface area (Å²) in [6.07, 6.45) is 0. The molecule has 0 unspecified atom stereocenters. The topological polar surface area (TPSA) is 178 Å². The van der Waals surface area contributed by atoms with E-state index in [1.807, 2.05) is 0 Å². The van der Waals surface area contributed by atoms with Gasteiger partial charge in [-0.05, 0) is 24.3 Å². The molecule has 2 aromatic carbocycles. The van der Waals surface area contributed by atoms with Crippen molar-refractivity contribution in [2.24, 2.45) is 0 Å². The van der Waals surface area contributed by atoms with Gasteiger partial charge in [0.05, 0.1) is 21.2 Å². The fourth-order valence-electron chi connectivity index (χ4n) is 2.63. The number of aromatic nitrogens is 2. The molecule has 0 amide bonds. The number of H-pyrrole nitrogens is 2. The number of nitrogens with one attached hydrogen (secondary N) is 2. The first kappa shape index (κ1) is 15.1. The fourth-order valence-corrected chi connectivity index (χ4v) is 4.15. The smallest absolute Gasteiger partial charge is 0.408 e. The molecule has 2 heterocycles. The van der Waals surface area contributed by atoms with Gasteiger partial charge in [0.2, 0.25) is 9.84 Å². The summed E-state index contributed by atoms with van der Waals surface area (Å²) in [7, 11) is -4.14. The molecule has 4 aromatic rings. The normalized spacial score (nSPS) is 12.2. The maximum Gasteiger partial charge on any atom is 0.417 e. The molecule has 4 rings (SSSR count). The van der Waals surface area contributed by atoms with E-state index < -0.39 is 21.3 Å². The quantitative estimate of drug-likeness (QED) is 0.373. The van der Waals surface area contributed by atoms with Crippen molar-refractivity contribution in [1.82, 2.24) is 9.97 Å². The van der Waals surface area contributed by atoms with Crippen molar-refractivity contribution in [3.05, 3.63) is 45.4 Å². The Labute approximate surface area is 138 Å². The highest BCUT2D eigenvalue weighted by molar-refractivity contribution is 7.91. The molecule has 0 bridgehead atoms. The number of nitrogen functional groups attached to an aromatic ring is 2. The highest BCUT2D eigenvalue weighted by atomic mass is 32.2. The summed E-state index contributed by atoms with van der Waals surface area (Å²) in [6.45, 7) is 0. The van der Waals surface area contributed by atoms with Crippen LogP contribution in [0.25, 0.3) is 22.2 Å². The molecule has 0 aliphatic carbocycles. The van der Waals surface area contributed by atoms with Gasteiger partial charge >= 0.3 is 11.5 Å². The van der Waals surface area contributed by atoms with Crippen molar-refractivity contribution < 1.29 is 17.3 Å². The van der Waals surface area contributed by atoms with Crippen LogP contribution in [0.4, 0.5) is 11.4 Å². The van der Waals surface area contributed by atoms with Gasteiger partial charge in [-0.2, -0.15) is 0 Å². The van der Waals surface area contributed by atoms with Crippen LogP contribution in [0.5, 0.6) is 0 Å². The second-order valence-electron chi connectivity index (χ2n) is 5.23. The molecule has 0 aliphatic rings. The van der Waals surface area contributed by atoms with Crippen LogP contribution in [-0.4, -0.2) is 18.4 Å². The molecular formula is C14H10N4O6S. The molecule has 0 spiro atoms. The van der Waals surface area contributed by atoms with E-state index in [2.05, 4.69) is 9.97 Å². The van der Waals surface area contributed by atoms with E-state index in [4.69, 9.17) is 20.3 Å². The van der Waals surface area contributed by atoms with Crippen LogP contribution >= 0.6 is 0 Å². The minimum atomic E-state index is -4.14. The fraction of sp³-hybridized carbons (Fsp3) is 0. The average molecular weight is 362 g/mol. The van der Waals surface area contributed by atoms with E-state index in [0.717, 1.165) is 0 Å². The van der Waals surface area contributed by atoms with Crippen molar-refractivity contribution in [2.75, 3.05) is 11.5 Å². The molecule has 128 valence electrons. The van der Waals surface area contributed by atoms with Crippen LogP contribution in [0.1, 0.15) is 0 Å². The summed E-state index contributed by atoms with van der Waals surface area (Å²) < 4.78 is 35.6. The lowest BCUT2D eigenvalue weighted by Crippen LogP contribution is -2.09. The van der Waals surface area contributed by atoms with Gasteiger partial charge in [0.1, 0.15) is 11.0 Å². The predicted octanol–water partition coefficient (Wildman–Crippen LogP) is 0.553. The Kier molecular flexibility index (Phi) is 2.88. The molecule has 0 saturated carbocycles. The van der Waals surface area contributed by atoms with E-state index >= 15 is 0 Å². The number of rotatable bonds is 2. The molecule has 2 aromatic heterocycles. The zero-order valence-electron chi connectivity index (χ0n) is 12.3. The summed E-state index contributed by atoms with van der Waals surface area (Å²) in [4.78, 5) is 26.7. The van der Waals surface area contributed by atoms with Gasteiger partial charge in [0.15, 0.2) is 11.2 Å². The van der Waals surface area contributed by atoms with Crippen molar-refractivity contribution in [3.8, 4) is 0 Å². The minimum absolute atomic E-state index is 0.0717. The molecular weight excluding hydrogens is 352 g/mol. The van der Waals surface area contributed by atoms with Gasteiger partial charge in [-0.15, -0.1) is 0 Å². The molecule has 25 heavy (non-hydrogen) atoms. The highest BCUT2D eigenvalue weighted by Crippen LogP contribution is 2.35. The zero-order valence-corrected chi connectivity index (χ0v) is 13.1. The summed E-state index contributed by atoms with van der Waals surface area (Å²) in [6, 6.07) is 5.05. The molecule has 0 fully saturated rings. The number of benzene rings is 2. The second-order valence-corrected chi connectivity index (χ2v) is 7.12. The Morgan fingerprint density at radius 3 is 1.56 bits per heavy atom. The summed E-state index contributed by atoms with van der Waals surface area (Å²) in [5.74, 6) is -1.51. The van der Waals surface area contributed by atoms with Gasteiger partial charge in [0.25, 0.3) is 0 Å². The number of anilines is 2. The number of oxazole rings is 2. The second kappa shape index (κ2) is 4.77. The molecule has 0 radical (unpaired) electrons. The predicted molar refractivity (Wildman–Crippen MR) is 87.9 cm³/mol. The van der Waals surface area contributed by atoms with Gasteiger partial charge in [-0.1, -0.05) is 0 Å². The lowest BCUT2D eigenvalue weighted by molar-refractivity contribution is 0.555. The molecule has 0 saturated heterocycles. The molecule has 10 nitrogen and oxygen atoms in total. The Morgan fingerprint density at radius 2 is 1.16 bits per heavy atom. The number of hydrogen-bond donors (Lipinski definition) is 4. The number of sulfone groups is 1. The average Bonchev–Trinajstić information content (AvgIpc) is 3.10. The third-order valence-corrected chi connectivity index (χ3v) is 5.64. The molecule has 0 atom stereocenters. The van der Waals surface area contributed by atoms with Gasteiger partial charge in [0, 0.05) is 0 Å². The van der Waals surface area contributed by atoms with E-state index in [0.29, 0.717) is 0 Å². The Bertz CT molecular complexity index is 1270. The van der Waals surface area contributed by atoms with Crippen LogP contribution in [0.3, 0.4) is 0 Å². The largest absolute Gasteiger partial charge is 0.417 e. The first-order valence-corrected chi connectivity index (χ1v) is 8.35. The van der Waals surface area contributed by atoms with Crippen LogP contribution in [-0.2, 0) is 9.84 Å². The van der Waals surface area contributed by atoms with Crippen molar-refractivity contribution in [1.29, 1.82) is 0 Å². The summed E-state index contributed by atoms with van der Waals surface area (Å²) in [5.41, 5.74) is 11.8. The van der Waals surface area contributed by atoms with Crippen LogP contribution in [0.2, 0.25) is 0 Å².